The number of sulfonamides is 1. The number of fused-ring (bicyclic) bond motifs is 1. The molecule has 1 saturated carbocycles. The zero-order valence-corrected chi connectivity index (χ0v) is 16.9. The fourth-order valence-corrected chi connectivity index (χ4v) is 4.90. The van der Waals surface area contributed by atoms with Gasteiger partial charge in [-0.1, -0.05) is 37.5 Å². The zero-order valence-electron chi connectivity index (χ0n) is 16.1. The Morgan fingerprint density at radius 1 is 1.14 bits per heavy atom. The molecule has 2 heterocycles. The Morgan fingerprint density at radius 2 is 1.90 bits per heavy atom. The highest BCUT2D eigenvalue weighted by atomic mass is 32.2. The quantitative estimate of drug-likeness (QED) is 0.669. The summed E-state index contributed by atoms with van der Waals surface area (Å²) in [5.41, 5.74) is 1.27. The van der Waals surface area contributed by atoms with Crippen molar-refractivity contribution in [3.05, 3.63) is 53.9 Å². The highest BCUT2D eigenvalue weighted by molar-refractivity contribution is 7.92. The predicted molar refractivity (Wildman–Crippen MR) is 109 cm³/mol. The smallest absolute Gasteiger partial charge is 0.263 e. The molecule has 0 unspecified atom stereocenters. The minimum Gasteiger partial charge on any atom is -0.349 e. The van der Waals surface area contributed by atoms with Gasteiger partial charge in [-0.05, 0) is 37.5 Å². The van der Waals surface area contributed by atoms with Crippen molar-refractivity contribution >= 4 is 27.4 Å². The van der Waals surface area contributed by atoms with E-state index in [1.807, 2.05) is 0 Å². The van der Waals surface area contributed by atoms with Gasteiger partial charge in [-0.2, -0.15) is 5.10 Å². The van der Waals surface area contributed by atoms with Gasteiger partial charge in [0.25, 0.3) is 15.9 Å². The molecule has 0 radical (unpaired) electrons. The topological polar surface area (TPSA) is 105 Å². The van der Waals surface area contributed by atoms with Crippen molar-refractivity contribution in [2.24, 2.45) is 0 Å². The van der Waals surface area contributed by atoms with Gasteiger partial charge in [-0.25, -0.2) is 17.9 Å². The number of nitrogens with zero attached hydrogens (tertiary/aromatic N) is 3. The lowest BCUT2D eigenvalue weighted by molar-refractivity contribution is 0.0929. The maximum Gasteiger partial charge on any atom is 0.263 e. The van der Waals surface area contributed by atoms with Crippen molar-refractivity contribution in [3.63, 3.8) is 0 Å². The molecule has 9 heteroatoms. The first-order valence-corrected chi connectivity index (χ1v) is 11.2. The van der Waals surface area contributed by atoms with Gasteiger partial charge in [0.15, 0.2) is 5.65 Å². The Hall–Kier alpha value is -2.94. The van der Waals surface area contributed by atoms with Gasteiger partial charge >= 0.3 is 0 Å². The number of aryl methyl sites for hydroxylation is 1. The van der Waals surface area contributed by atoms with Crippen molar-refractivity contribution in [1.82, 2.24) is 19.9 Å². The standard InChI is InChI=1S/C20H23N5O3S/c1-14-7-5-6-10-17(14)29(27,28)24-18-11-12-25-19(23-18)16(13-21-25)20(26)22-15-8-3-2-4-9-15/h5-7,10-13,15H,2-4,8-9H2,1H3,(H,22,26)(H,23,24). The van der Waals surface area contributed by atoms with E-state index in [4.69, 9.17) is 0 Å². The minimum atomic E-state index is -3.79. The van der Waals surface area contributed by atoms with E-state index < -0.39 is 10.0 Å². The Morgan fingerprint density at radius 3 is 2.66 bits per heavy atom. The molecule has 1 aliphatic rings. The number of hydrogen-bond acceptors (Lipinski definition) is 5. The van der Waals surface area contributed by atoms with Gasteiger partial charge in [-0.15, -0.1) is 0 Å². The number of carbonyl (C=O) groups excluding carboxylic acids is 1. The van der Waals surface area contributed by atoms with Crippen LogP contribution in [-0.4, -0.2) is 35.0 Å². The van der Waals surface area contributed by atoms with E-state index in [-0.39, 0.29) is 22.7 Å². The molecule has 0 saturated heterocycles. The molecule has 152 valence electrons. The first kappa shape index (κ1) is 19.4. The Kier molecular flexibility index (Phi) is 5.23. The molecule has 0 bridgehead atoms. The molecule has 2 N–H and O–H groups in total. The normalized spacial score (nSPS) is 15.3. The van der Waals surface area contributed by atoms with Crippen LogP contribution in [0.5, 0.6) is 0 Å². The van der Waals surface area contributed by atoms with Crippen LogP contribution in [0.4, 0.5) is 5.82 Å². The number of carbonyl (C=O) groups is 1. The summed E-state index contributed by atoms with van der Waals surface area (Å²) in [5, 5.41) is 7.20. The van der Waals surface area contributed by atoms with E-state index >= 15 is 0 Å². The zero-order chi connectivity index (χ0) is 20.4. The summed E-state index contributed by atoms with van der Waals surface area (Å²) in [4.78, 5) is 17.2. The first-order chi connectivity index (χ1) is 13.9. The maximum absolute atomic E-state index is 12.7. The van der Waals surface area contributed by atoms with Crippen molar-refractivity contribution < 1.29 is 13.2 Å². The van der Waals surface area contributed by atoms with Gasteiger partial charge in [-0.3, -0.25) is 9.52 Å². The van der Waals surface area contributed by atoms with E-state index in [0.717, 1.165) is 25.7 Å². The van der Waals surface area contributed by atoms with Crippen LogP contribution in [-0.2, 0) is 10.0 Å². The number of nitrogens with one attached hydrogen (secondary N) is 2. The Balaban J connectivity index is 1.60. The average molecular weight is 414 g/mol. The number of amides is 1. The fourth-order valence-electron chi connectivity index (χ4n) is 3.65. The molecule has 0 spiro atoms. The third-order valence-electron chi connectivity index (χ3n) is 5.18. The van der Waals surface area contributed by atoms with Crippen LogP contribution in [0.15, 0.2) is 47.6 Å². The molecule has 0 atom stereocenters. The molecule has 1 fully saturated rings. The molecule has 4 rings (SSSR count). The largest absolute Gasteiger partial charge is 0.349 e. The van der Waals surface area contributed by atoms with E-state index in [1.54, 1.807) is 31.3 Å². The third-order valence-corrected chi connectivity index (χ3v) is 6.69. The average Bonchev–Trinajstić information content (AvgIpc) is 3.12. The van der Waals surface area contributed by atoms with Gasteiger partial charge in [0, 0.05) is 12.2 Å². The molecule has 1 aromatic carbocycles. The molecule has 2 aromatic heterocycles. The van der Waals surface area contributed by atoms with E-state index in [9.17, 15) is 13.2 Å². The lowest BCUT2D eigenvalue weighted by Crippen LogP contribution is -2.36. The summed E-state index contributed by atoms with van der Waals surface area (Å²) in [6, 6.07) is 8.39. The van der Waals surface area contributed by atoms with Crippen LogP contribution in [0.1, 0.15) is 48.0 Å². The molecule has 1 amide bonds. The van der Waals surface area contributed by atoms with Crippen molar-refractivity contribution in [3.8, 4) is 0 Å². The van der Waals surface area contributed by atoms with Crippen LogP contribution in [0.25, 0.3) is 5.65 Å². The van der Waals surface area contributed by atoms with Gasteiger partial charge in [0.2, 0.25) is 0 Å². The molecule has 1 aliphatic carbocycles. The van der Waals surface area contributed by atoms with Crippen LogP contribution in [0.2, 0.25) is 0 Å². The van der Waals surface area contributed by atoms with Gasteiger partial charge in [0.05, 0.1) is 11.1 Å². The lowest BCUT2D eigenvalue weighted by Gasteiger charge is -2.22. The van der Waals surface area contributed by atoms with Crippen molar-refractivity contribution in [2.75, 3.05) is 4.72 Å². The van der Waals surface area contributed by atoms with E-state index in [1.165, 1.54) is 29.3 Å². The summed E-state index contributed by atoms with van der Waals surface area (Å²) >= 11 is 0. The SMILES string of the molecule is Cc1ccccc1S(=O)(=O)Nc1ccn2ncc(C(=O)NC3CCCCC3)c2n1. The summed E-state index contributed by atoms with van der Waals surface area (Å²) in [6.45, 7) is 1.73. The second-order valence-electron chi connectivity index (χ2n) is 7.32. The number of anilines is 1. The third kappa shape index (κ3) is 4.09. The fraction of sp³-hybridized carbons (Fsp3) is 0.350. The second-order valence-corrected chi connectivity index (χ2v) is 8.97. The number of benzene rings is 1. The Bertz CT molecular complexity index is 1150. The summed E-state index contributed by atoms with van der Waals surface area (Å²) in [5.74, 6) is -0.105. The van der Waals surface area contributed by atoms with Crippen molar-refractivity contribution in [1.29, 1.82) is 0 Å². The van der Waals surface area contributed by atoms with E-state index in [2.05, 4.69) is 20.1 Å². The molecular weight excluding hydrogens is 390 g/mol. The number of aromatic nitrogens is 3. The lowest BCUT2D eigenvalue weighted by atomic mass is 9.95. The summed E-state index contributed by atoms with van der Waals surface area (Å²) in [7, 11) is -3.79. The van der Waals surface area contributed by atoms with Gasteiger partial charge in [0.1, 0.15) is 11.4 Å². The predicted octanol–water partition coefficient (Wildman–Crippen LogP) is 2.90. The molecular formula is C20H23N5O3S. The van der Waals surface area contributed by atoms with Gasteiger partial charge < -0.3 is 5.32 Å². The molecule has 8 nitrogen and oxygen atoms in total. The van der Waals surface area contributed by atoms with Crippen LogP contribution in [0.3, 0.4) is 0 Å². The highest BCUT2D eigenvalue weighted by Gasteiger charge is 2.21. The molecule has 29 heavy (non-hydrogen) atoms. The summed E-state index contributed by atoms with van der Waals surface area (Å²) in [6.07, 6.45) is 8.41. The number of hydrogen-bond donors (Lipinski definition) is 2. The monoisotopic (exact) mass is 413 g/mol. The van der Waals surface area contributed by atoms with Crippen LogP contribution >= 0.6 is 0 Å². The minimum absolute atomic E-state index is 0.132. The van der Waals surface area contributed by atoms with Crippen LogP contribution in [0, 0.1) is 6.92 Å². The second kappa shape index (κ2) is 7.82. The van der Waals surface area contributed by atoms with Crippen molar-refractivity contribution in [2.45, 2.75) is 50.0 Å². The highest BCUT2D eigenvalue weighted by Crippen LogP contribution is 2.20. The molecule has 3 aromatic rings. The number of rotatable bonds is 5. The van der Waals surface area contributed by atoms with E-state index in [0.29, 0.717) is 16.8 Å². The summed E-state index contributed by atoms with van der Waals surface area (Å²) < 4.78 is 29.4. The molecule has 0 aliphatic heterocycles. The first-order valence-electron chi connectivity index (χ1n) is 9.68. The maximum atomic E-state index is 12.7. The Labute approximate surface area is 169 Å². The van der Waals surface area contributed by atoms with Crippen LogP contribution < -0.4 is 10.0 Å².